The van der Waals surface area contributed by atoms with E-state index in [9.17, 15) is 19.7 Å². The van der Waals surface area contributed by atoms with Crippen LogP contribution in [0.2, 0.25) is 0 Å². The number of carbonyl (C=O) groups is 2. The number of nitriles is 1. The number of hydrogen-bond donors (Lipinski definition) is 1. The van der Waals surface area contributed by atoms with Crippen molar-refractivity contribution in [2.24, 2.45) is 0 Å². The molecule has 1 N–H and O–H groups in total. The molecule has 2 aromatic rings. The molecule has 0 heterocycles. The van der Waals surface area contributed by atoms with E-state index in [1.54, 1.807) is 0 Å². The summed E-state index contributed by atoms with van der Waals surface area (Å²) in [6, 6.07) is 11.5. The number of benzene rings is 2. The first-order valence-electron chi connectivity index (χ1n) is 7.24. The first-order valence-corrected chi connectivity index (χ1v) is 7.24. The summed E-state index contributed by atoms with van der Waals surface area (Å²) < 4.78 is 9.76. The van der Waals surface area contributed by atoms with Gasteiger partial charge in [0, 0.05) is 0 Å². The zero-order valence-electron chi connectivity index (χ0n) is 13.6. The molecule has 0 aliphatic rings. The van der Waals surface area contributed by atoms with Crippen molar-refractivity contribution in [3.8, 4) is 11.8 Å². The van der Waals surface area contributed by atoms with Crippen LogP contribution in [0.1, 0.15) is 15.9 Å². The third kappa shape index (κ3) is 4.55. The number of methoxy groups -OCH3 is 1. The Balaban J connectivity index is 1.99. The number of amides is 1. The second kappa shape index (κ2) is 8.25. The van der Waals surface area contributed by atoms with Crippen molar-refractivity contribution in [1.82, 2.24) is 0 Å². The van der Waals surface area contributed by atoms with Crippen LogP contribution < -0.4 is 10.1 Å². The molecule has 0 saturated heterocycles. The highest BCUT2D eigenvalue weighted by Gasteiger charge is 2.18. The minimum absolute atomic E-state index is 0.0461. The van der Waals surface area contributed by atoms with Crippen LogP contribution in [0, 0.1) is 21.4 Å². The van der Waals surface area contributed by atoms with Gasteiger partial charge in [0.15, 0.2) is 6.61 Å². The Hall–Kier alpha value is -3.93. The topological polar surface area (TPSA) is 132 Å². The molecule has 2 aromatic carbocycles. The Morgan fingerprint density at radius 1 is 1.23 bits per heavy atom. The van der Waals surface area contributed by atoms with E-state index < -0.39 is 23.4 Å². The van der Waals surface area contributed by atoms with Crippen LogP contribution >= 0.6 is 0 Å². The lowest BCUT2D eigenvalue weighted by molar-refractivity contribution is -0.384. The zero-order chi connectivity index (χ0) is 19.1. The largest absolute Gasteiger partial charge is 0.496 e. The molecule has 0 unspecified atom stereocenters. The second-order valence-electron chi connectivity index (χ2n) is 4.95. The first kappa shape index (κ1) is 18.4. The molecule has 0 aliphatic carbocycles. The molecular formula is C17H13N3O6. The Bertz CT molecular complexity index is 886. The van der Waals surface area contributed by atoms with Crippen LogP contribution in [0.15, 0.2) is 42.5 Å². The number of esters is 1. The van der Waals surface area contributed by atoms with Gasteiger partial charge in [0.2, 0.25) is 0 Å². The summed E-state index contributed by atoms with van der Waals surface area (Å²) in [6.45, 7) is -0.623. The van der Waals surface area contributed by atoms with Gasteiger partial charge in [-0.05, 0) is 36.4 Å². The Morgan fingerprint density at radius 2 is 1.92 bits per heavy atom. The molecule has 0 spiro atoms. The van der Waals surface area contributed by atoms with Gasteiger partial charge in [-0.25, -0.2) is 4.79 Å². The maximum Gasteiger partial charge on any atom is 0.338 e. The van der Waals surface area contributed by atoms with E-state index in [1.807, 2.05) is 6.07 Å². The van der Waals surface area contributed by atoms with Crippen LogP contribution in [0.4, 0.5) is 11.4 Å². The molecule has 2 rings (SSSR count). The summed E-state index contributed by atoms with van der Waals surface area (Å²) in [6.07, 6.45) is 0. The van der Waals surface area contributed by atoms with E-state index in [-0.39, 0.29) is 22.7 Å². The standard InChI is InChI=1S/C17H13N3O6/c1-25-13-6-7-14(15(8-13)20(23)24)19-16(21)10-26-17(22)12-4-2-11(9-18)3-5-12/h2-8H,10H2,1H3,(H,19,21). The van der Waals surface area contributed by atoms with Gasteiger partial charge in [-0.15, -0.1) is 0 Å². The molecule has 1 amide bonds. The lowest BCUT2D eigenvalue weighted by Crippen LogP contribution is -2.21. The summed E-state index contributed by atoms with van der Waals surface area (Å²) in [5.74, 6) is -1.23. The lowest BCUT2D eigenvalue weighted by atomic mass is 10.1. The molecule has 9 nitrogen and oxygen atoms in total. The number of carbonyl (C=O) groups excluding carboxylic acids is 2. The van der Waals surface area contributed by atoms with Crippen molar-refractivity contribution >= 4 is 23.3 Å². The quantitative estimate of drug-likeness (QED) is 0.477. The van der Waals surface area contributed by atoms with Crippen LogP contribution in [0.25, 0.3) is 0 Å². The van der Waals surface area contributed by atoms with Crippen LogP contribution in [0.5, 0.6) is 5.75 Å². The number of nitrogens with one attached hydrogen (secondary N) is 1. The van der Waals surface area contributed by atoms with E-state index in [2.05, 4.69) is 5.32 Å². The molecule has 0 fully saturated rings. The molecule has 132 valence electrons. The number of nitro groups is 1. The van der Waals surface area contributed by atoms with Crippen molar-refractivity contribution in [1.29, 1.82) is 5.26 Å². The van der Waals surface area contributed by atoms with Gasteiger partial charge in [0.05, 0.1) is 35.3 Å². The fraction of sp³-hybridized carbons (Fsp3) is 0.118. The maximum absolute atomic E-state index is 11.9. The molecule has 0 bridgehead atoms. The maximum atomic E-state index is 11.9. The van der Waals surface area contributed by atoms with Gasteiger partial charge in [-0.2, -0.15) is 5.26 Å². The van der Waals surface area contributed by atoms with Crippen LogP contribution in [-0.2, 0) is 9.53 Å². The van der Waals surface area contributed by atoms with Crippen molar-refractivity contribution in [3.05, 3.63) is 63.7 Å². The number of nitrogens with zero attached hydrogens (tertiary/aromatic N) is 2. The number of ether oxygens (including phenoxy) is 2. The third-order valence-electron chi connectivity index (χ3n) is 3.26. The van der Waals surface area contributed by atoms with Crippen LogP contribution in [0.3, 0.4) is 0 Å². The number of hydrogen-bond acceptors (Lipinski definition) is 7. The highest BCUT2D eigenvalue weighted by molar-refractivity contribution is 5.96. The molecule has 0 aliphatic heterocycles. The fourth-order valence-electron chi connectivity index (χ4n) is 1.98. The zero-order valence-corrected chi connectivity index (χ0v) is 13.6. The minimum Gasteiger partial charge on any atom is -0.496 e. The first-order chi connectivity index (χ1) is 12.4. The normalized spacial score (nSPS) is 9.69. The lowest BCUT2D eigenvalue weighted by Gasteiger charge is -2.08. The summed E-state index contributed by atoms with van der Waals surface area (Å²) in [5.41, 5.74) is 0.157. The van der Waals surface area contributed by atoms with Crippen molar-refractivity contribution in [3.63, 3.8) is 0 Å². The predicted octanol–water partition coefficient (Wildman–Crippen LogP) is 2.27. The summed E-state index contributed by atoms with van der Waals surface area (Å²) in [5, 5.41) is 22.1. The summed E-state index contributed by atoms with van der Waals surface area (Å²) in [7, 11) is 1.36. The highest BCUT2D eigenvalue weighted by Crippen LogP contribution is 2.28. The van der Waals surface area contributed by atoms with E-state index >= 15 is 0 Å². The Morgan fingerprint density at radius 3 is 2.50 bits per heavy atom. The number of rotatable bonds is 6. The summed E-state index contributed by atoms with van der Waals surface area (Å²) >= 11 is 0. The van der Waals surface area contributed by atoms with E-state index in [0.717, 1.165) is 0 Å². The van der Waals surface area contributed by atoms with Crippen molar-refractivity contribution < 1.29 is 24.0 Å². The molecular weight excluding hydrogens is 342 g/mol. The van der Waals surface area contributed by atoms with Crippen molar-refractivity contribution in [2.75, 3.05) is 19.0 Å². The monoisotopic (exact) mass is 355 g/mol. The molecule has 9 heteroatoms. The molecule has 26 heavy (non-hydrogen) atoms. The van der Waals surface area contributed by atoms with Gasteiger partial charge >= 0.3 is 5.97 Å². The molecule has 0 radical (unpaired) electrons. The Labute approximate surface area is 147 Å². The Kier molecular flexibility index (Phi) is 5.84. The van der Waals surface area contributed by atoms with Gasteiger partial charge < -0.3 is 14.8 Å². The van der Waals surface area contributed by atoms with Gasteiger partial charge in [-0.3, -0.25) is 14.9 Å². The van der Waals surface area contributed by atoms with Crippen LogP contribution in [-0.4, -0.2) is 30.5 Å². The summed E-state index contributed by atoms with van der Waals surface area (Å²) in [4.78, 5) is 34.1. The van der Waals surface area contributed by atoms with E-state index in [1.165, 1.54) is 49.6 Å². The fourth-order valence-corrected chi connectivity index (χ4v) is 1.98. The minimum atomic E-state index is -0.756. The van der Waals surface area contributed by atoms with Gasteiger partial charge in [0.1, 0.15) is 11.4 Å². The third-order valence-corrected chi connectivity index (χ3v) is 3.26. The number of anilines is 1. The average molecular weight is 355 g/mol. The smallest absolute Gasteiger partial charge is 0.338 e. The van der Waals surface area contributed by atoms with Crippen molar-refractivity contribution in [2.45, 2.75) is 0 Å². The number of nitro benzene ring substituents is 1. The van der Waals surface area contributed by atoms with Gasteiger partial charge in [0.25, 0.3) is 11.6 Å². The predicted molar refractivity (Wildman–Crippen MR) is 89.7 cm³/mol. The van der Waals surface area contributed by atoms with Gasteiger partial charge in [-0.1, -0.05) is 0 Å². The van der Waals surface area contributed by atoms with E-state index in [4.69, 9.17) is 14.7 Å². The highest BCUT2D eigenvalue weighted by atomic mass is 16.6. The molecule has 0 saturated carbocycles. The molecule has 0 atom stereocenters. The second-order valence-corrected chi connectivity index (χ2v) is 4.95. The van der Waals surface area contributed by atoms with E-state index in [0.29, 0.717) is 5.56 Å². The SMILES string of the molecule is COc1ccc(NC(=O)COC(=O)c2ccc(C#N)cc2)c([N+](=O)[O-])c1. The molecule has 0 aromatic heterocycles. The average Bonchev–Trinajstić information content (AvgIpc) is 2.66.